The summed E-state index contributed by atoms with van der Waals surface area (Å²) < 4.78 is 22.5. The fourth-order valence-corrected chi connectivity index (χ4v) is 3.21. The third-order valence-corrected chi connectivity index (χ3v) is 4.75. The minimum Gasteiger partial charge on any atom is -0.397 e. The molecule has 0 saturated heterocycles. The number of aliphatic hydroxyl groups is 1. The van der Waals surface area contributed by atoms with Crippen molar-refractivity contribution in [1.82, 2.24) is 0 Å². The molecule has 0 aromatic heterocycles. The molecule has 0 aliphatic heterocycles. The third kappa shape index (κ3) is 3.41. The SMILES string of the molecule is Nc1cc(S(N)(=O)=O)ccc1NC1CCCCC1CO. The standard InChI is InChI=1S/C13H21N3O3S/c14-11-7-10(20(15,18)19)5-6-13(11)16-12-4-2-1-3-9(12)8-17/h5-7,9,12,16-17H,1-4,8,14H2,(H2,15,18,19). The van der Waals surface area contributed by atoms with Gasteiger partial charge in [-0.1, -0.05) is 12.8 Å². The van der Waals surface area contributed by atoms with Crippen molar-refractivity contribution in [1.29, 1.82) is 0 Å². The zero-order chi connectivity index (χ0) is 14.8. The van der Waals surface area contributed by atoms with Crippen LogP contribution in [-0.4, -0.2) is 26.2 Å². The first-order valence-electron chi connectivity index (χ1n) is 6.71. The molecule has 7 heteroatoms. The number of hydrogen-bond acceptors (Lipinski definition) is 5. The predicted octanol–water partition coefficient (Wildman–Crippen LogP) is 0.879. The number of nitrogens with two attached hydrogens (primary N) is 2. The summed E-state index contributed by atoms with van der Waals surface area (Å²) in [6.45, 7) is 0.146. The molecule has 1 aromatic rings. The summed E-state index contributed by atoms with van der Waals surface area (Å²) in [6.07, 6.45) is 4.21. The predicted molar refractivity (Wildman–Crippen MR) is 78.7 cm³/mol. The van der Waals surface area contributed by atoms with Crippen LogP contribution in [0.25, 0.3) is 0 Å². The molecule has 20 heavy (non-hydrogen) atoms. The molecule has 1 aromatic carbocycles. The van der Waals surface area contributed by atoms with E-state index in [4.69, 9.17) is 10.9 Å². The molecule has 0 heterocycles. The summed E-state index contributed by atoms with van der Waals surface area (Å²) in [6, 6.07) is 4.58. The van der Waals surface area contributed by atoms with Crippen LogP contribution < -0.4 is 16.2 Å². The molecule has 1 fully saturated rings. The number of aliphatic hydroxyl groups excluding tert-OH is 1. The molecule has 2 unspecified atom stereocenters. The van der Waals surface area contributed by atoms with Crippen molar-refractivity contribution in [3.8, 4) is 0 Å². The second kappa shape index (κ2) is 5.99. The molecule has 2 atom stereocenters. The van der Waals surface area contributed by atoms with Gasteiger partial charge in [0.05, 0.1) is 16.3 Å². The Morgan fingerprint density at radius 1 is 1.30 bits per heavy atom. The lowest BCUT2D eigenvalue weighted by molar-refractivity contribution is 0.178. The van der Waals surface area contributed by atoms with Gasteiger partial charge in [-0.05, 0) is 31.0 Å². The zero-order valence-corrected chi connectivity index (χ0v) is 12.1. The lowest BCUT2D eigenvalue weighted by atomic mass is 9.85. The van der Waals surface area contributed by atoms with E-state index in [1.54, 1.807) is 6.07 Å². The van der Waals surface area contributed by atoms with E-state index in [0.29, 0.717) is 11.4 Å². The molecule has 0 spiro atoms. The van der Waals surface area contributed by atoms with Gasteiger partial charge in [0.15, 0.2) is 0 Å². The van der Waals surface area contributed by atoms with Crippen LogP contribution >= 0.6 is 0 Å². The largest absolute Gasteiger partial charge is 0.397 e. The Morgan fingerprint density at radius 3 is 2.60 bits per heavy atom. The van der Waals surface area contributed by atoms with E-state index in [1.165, 1.54) is 12.1 Å². The Kier molecular flexibility index (Phi) is 4.52. The third-order valence-electron chi connectivity index (χ3n) is 3.84. The van der Waals surface area contributed by atoms with Crippen LogP contribution in [0.2, 0.25) is 0 Å². The molecular weight excluding hydrogens is 278 g/mol. The molecule has 1 aliphatic carbocycles. The summed E-state index contributed by atoms with van der Waals surface area (Å²) in [5.74, 6) is 0.209. The maximum absolute atomic E-state index is 11.3. The van der Waals surface area contributed by atoms with Crippen LogP contribution in [0.15, 0.2) is 23.1 Å². The van der Waals surface area contributed by atoms with Crippen LogP contribution in [0.5, 0.6) is 0 Å². The van der Waals surface area contributed by atoms with Crippen LogP contribution in [0.3, 0.4) is 0 Å². The van der Waals surface area contributed by atoms with Gasteiger partial charge in [-0.2, -0.15) is 0 Å². The van der Waals surface area contributed by atoms with Crippen LogP contribution in [0.4, 0.5) is 11.4 Å². The van der Waals surface area contributed by atoms with Gasteiger partial charge in [0, 0.05) is 18.6 Å². The van der Waals surface area contributed by atoms with E-state index in [-0.39, 0.29) is 23.5 Å². The second-order valence-electron chi connectivity index (χ2n) is 5.27. The summed E-state index contributed by atoms with van der Waals surface area (Å²) in [5.41, 5.74) is 6.91. The Labute approximate surface area is 119 Å². The first-order valence-corrected chi connectivity index (χ1v) is 8.26. The highest BCUT2D eigenvalue weighted by atomic mass is 32.2. The summed E-state index contributed by atoms with van der Waals surface area (Å²) >= 11 is 0. The van der Waals surface area contributed by atoms with Gasteiger partial charge in [0.2, 0.25) is 10.0 Å². The number of anilines is 2. The first-order chi connectivity index (χ1) is 9.41. The monoisotopic (exact) mass is 299 g/mol. The van der Waals surface area contributed by atoms with Crippen molar-refractivity contribution in [2.24, 2.45) is 11.1 Å². The highest BCUT2D eigenvalue weighted by Crippen LogP contribution is 2.29. The minimum absolute atomic E-state index is 0.00269. The molecule has 6 N–H and O–H groups in total. The molecule has 1 aliphatic rings. The lowest BCUT2D eigenvalue weighted by Crippen LogP contribution is -2.34. The van der Waals surface area contributed by atoms with E-state index < -0.39 is 10.0 Å². The van der Waals surface area contributed by atoms with E-state index >= 15 is 0 Å². The van der Waals surface area contributed by atoms with Gasteiger partial charge in [-0.3, -0.25) is 0 Å². The van der Waals surface area contributed by atoms with E-state index in [1.807, 2.05) is 0 Å². The van der Waals surface area contributed by atoms with Crippen molar-refractivity contribution in [3.05, 3.63) is 18.2 Å². The van der Waals surface area contributed by atoms with Crippen LogP contribution in [0, 0.1) is 5.92 Å². The number of sulfonamides is 1. The number of nitrogens with one attached hydrogen (secondary N) is 1. The highest BCUT2D eigenvalue weighted by Gasteiger charge is 2.24. The summed E-state index contributed by atoms with van der Waals surface area (Å²) in [4.78, 5) is 0.00269. The first kappa shape index (κ1) is 15.1. The topological polar surface area (TPSA) is 118 Å². The number of rotatable bonds is 4. The summed E-state index contributed by atoms with van der Waals surface area (Å²) in [5, 5.41) is 17.8. The Balaban J connectivity index is 2.17. The number of hydrogen-bond donors (Lipinski definition) is 4. The lowest BCUT2D eigenvalue weighted by Gasteiger charge is -2.32. The molecule has 0 amide bonds. The molecule has 2 rings (SSSR count). The van der Waals surface area contributed by atoms with Gasteiger partial charge in [-0.25, -0.2) is 13.6 Å². The van der Waals surface area contributed by atoms with Gasteiger partial charge in [0.1, 0.15) is 0 Å². The highest BCUT2D eigenvalue weighted by molar-refractivity contribution is 7.89. The van der Waals surface area contributed by atoms with Crippen LogP contribution in [0.1, 0.15) is 25.7 Å². The van der Waals surface area contributed by atoms with E-state index in [9.17, 15) is 13.5 Å². The molecule has 6 nitrogen and oxygen atoms in total. The second-order valence-corrected chi connectivity index (χ2v) is 6.83. The number of primary sulfonamides is 1. The molecular formula is C13H21N3O3S. The van der Waals surface area contributed by atoms with Crippen molar-refractivity contribution in [2.75, 3.05) is 17.7 Å². The fraction of sp³-hybridized carbons (Fsp3) is 0.538. The Bertz CT molecular complexity index is 574. The quantitative estimate of drug-likeness (QED) is 0.615. The molecule has 1 saturated carbocycles. The van der Waals surface area contributed by atoms with E-state index in [2.05, 4.69) is 5.32 Å². The average molecular weight is 299 g/mol. The van der Waals surface area contributed by atoms with Crippen molar-refractivity contribution in [3.63, 3.8) is 0 Å². The number of nitrogen functional groups attached to an aromatic ring is 1. The number of benzene rings is 1. The Hall–Kier alpha value is -1.31. The zero-order valence-electron chi connectivity index (χ0n) is 11.2. The molecule has 112 valence electrons. The maximum Gasteiger partial charge on any atom is 0.238 e. The smallest absolute Gasteiger partial charge is 0.238 e. The Morgan fingerprint density at radius 2 is 2.00 bits per heavy atom. The van der Waals surface area contributed by atoms with Gasteiger partial charge < -0.3 is 16.2 Å². The van der Waals surface area contributed by atoms with Crippen molar-refractivity contribution < 1.29 is 13.5 Å². The van der Waals surface area contributed by atoms with Crippen molar-refractivity contribution >= 4 is 21.4 Å². The van der Waals surface area contributed by atoms with Crippen LogP contribution in [-0.2, 0) is 10.0 Å². The average Bonchev–Trinajstić information content (AvgIpc) is 2.40. The maximum atomic E-state index is 11.3. The summed E-state index contributed by atoms with van der Waals surface area (Å²) in [7, 11) is -3.74. The normalized spacial score (nSPS) is 23.5. The molecule has 0 bridgehead atoms. The van der Waals surface area contributed by atoms with Gasteiger partial charge in [0.25, 0.3) is 0 Å². The van der Waals surface area contributed by atoms with Gasteiger partial charge >= 0.3 is 0 Å². The van der Waals surface area contributed by atoms with Crippen molar-refractivity contribution in [2.45, 2.75) is 36.6 Å². The molecule has 0 radical (unpaired) electrons. The fourth-order valence-electron chi connectivity index (χ4n) is 2.67. The van der Waals surface area contributed by atoms with E-state index in [0.717, 1.165) is 25.7 Å². The minimum atomic E-state index is -3.74. The van der Waals surface area contributed by atoms with Gasteiger partial charge in [-0.15, -0.1) is 0 Å².